The van der Waals surface area contributed by atoms with E-state index in [0.29, 0.717) is 16.8 Å². The van der Waals surface area contributed by atoms with Gasteiger partial charge in [0, 0.05) is 0 Å². The van der Waals surface area contributed by atoms with E-state index in [2.05, 4.69) is 0 Å². The predicted octanol–water partition coefficient (Wildman–Crippen LogP) is 4.97. The lowest BCUT2D eigenvalue weighted by atomic mass is 10.2. The molecule has 0 fully saturated rings. The van der Waals surface area contributed by atoms with Crippen LogP contribution in [0.4, 0.5) is 0 Å². The van der Waals surface area contributed by atoms with Gasteiger partial charge in [0.05, 0.1) is 5.30 Å². The standard InChI is InChI=1S/C19H17O3P/c1-16-10-8-9-15-19(16)23(20,21-17-11-4-2-5-12-17)22-18-13-6-3-7-14-18/h2-15H,1H3. The van der Waals surface area contributed by atoms with Crippen LogP contribution < -0.4 is 14.4 Å². The van der Waals surface area contributed by atoms with Gasteiger partial charge >= 0.3 is 7.60 Å². The zero-order valence-corrected chi connectivity index (χ0v) is 13.6. The molecule has 3 nitrogen and oxygen atoms in total. The molecule has 0 atom stereocenters. The summed E-state index contributed by atoms with van der Waals surface area (Å²) in [7, 11) is -3.55. The van der Waals surface area contributed by atoms with Gasteiger partial charge in [-0.1, -0.05) is 54.6 Å². The van der Waals surface area contributed by atoms with Crippen LogP contribution in [0.25, 0.3) is 0 Å². The van der Waals surface area contributed by atoms with Gasteiger partial charge in [-0.2, -0.15) is 0 Å². The maximum atomic E-state index is 13.5. The summed E-state index contributed by atoms with van der Waals surface area (Å²) in [6, 6.07) is 25.5. The zero-order chi connectivity index (χ0) is 16.1. The molecule has 0 aromatic heterocycles. The molecule has 0 saturated heterocycles. The Labute approximate surface area is 136 Å². The first-order valence-electron chi connectivity index (χ1n) is 7.33. The van der Waals surface area contributed by atoms with E-state index in [0.717, 1.165) is 5.56 Å². The number of hydrogen-bond acceptors (Lipinski definition) is 3. The highest BCUT2D eigenvalue weighted by Gasteiger charge is 2.32. The minimum Gasteiger partial charge on any atom is -0.413 e. The molecule has 116 valence electrons. The van der Waals surface area contributed by atoms with Gasteiger partial charge in [-0.15, -0.1) is 0 Å². The summed E-state index contributed by atoms with van der Waals surface area (Å²) in [6.07, 6.45) is 0. The van der Waals surface area contributed by atoms with Gasteiger partial charge in [-0.25, -0.2) is 4.57 Å². The first-order valence-corrected chi connectivity index (χ1v) is 8.87. The third-order valence-corrected chi connectivity index (χ3v) is 5.34. The average Bonchev–Trinajstić information content (AvgIpc) is 2.57. The van der Waals surface area contributed by atoms with Crippen molar-refractivity contribution in [3.05, 3.63) is 90.5 Å². The number of aryl methyl sites for hydroxylation is 1. The predicted molar refractivity (Wildman–Crippen MR) is 92.6 cm³/mol. The van der Waals surface area contributed by atoms with Crippen molar-refractivity contribution in [2.24, 2.45) is 0 Å². The summed E-state index contributed by atoms with van der Waals surface area (Å²) >= 11 is 0. The van der Waals surface area contributed by atoms with Gasteiger partial charge in [-0.05, 0) is 42.8 Å². The molecule has 3 aromatic carbocycles. The Morgan fingerprint density at radius 1 is 0.652 bits per heavy atom. The Kier molecular flexibility index (Phi) is 4.50. The average molecular weight is 324 g/mol. The number of para-hydroxylation sites is 2. The molecule has 0 unspecified atom stereocenters. The second-order valence-corrected chi connectivity index (χ2v) is 6.93. The van der Waals surface area contributed by atoms with E-state index in [9.17, 15) is 4.57 Å². The summed E-state index contributed by atoms with van der Waals surface area (Å²) < 4.78 is 25.1. The molecular weight excluding hydrogens is 307 g/mol. The molecule has 23 heavy (non-hydrogen) atoms. The fraction of sp³-hybridized carbons (Fsp3) is 0.0526. The van der Waals surface area contributed by atoms with Crippen molar-refractivity contribution in [3.8, 4) is 11.5 Å². The smallest absolute Gasteiger partial charge is 0.413 e. The van der Waals surface area contributed by atoms with Crippen LogP contribution in [-0.2, 0) is 4.57 Å². The Balaban J connectivity index is 2.02. The van der Waals surface area contributed by atoms with Crippen molar-refractivity contribution in [1.29, 1.82) is 0 Å². The molecule has 0 aliphatic heterocycles. The van der Waals surface area contributed by atoms with E-state index < -0.39 is 7.60 Å². The molecule has 4 heteroatoms. The van der Waals surface area contributed by atoms with Crippen LogP contribution in [0.15, 0.2) is 84.9 Å². The van der Waals surface area contributed by atoms with Crippen molar-refractivity contribution in [3.63, 3.8) is 0 Å². The third kappa shape index (κ3) is 3.64. The number of benzene rings is 3. The SMILES string of the molecule is Cc1ccccc1P(=O)(Oc1ccccc1)Oc1ccccc1. The first-order chi connectivity index (χ1) is 11.2. The fourth-order valence-corrected chi connectivity index (χ4v) is 4.04. The highest BCUT2D eigenvalue weighted by atomic mass is 31.2. The van der Waals surface area contributed by atoms with Crippen LogP contribution in [0.2, 0.25) is 0 Å². The van der Waals surface area contributed by atoms with E-state index in [1.165, 1.54) is 0 Å². The highest BCUT2D eigenvalue weighted by molar-refractivity contribution is 7.63. The Hall–Kier alpha value is -2.51. The lowest BCUT2D eigenvalue weighted by molar-refractivity contribution is 0.399. The summed E-state index contributed by atoms with van der Waals surface area (Å²) in [5.74, 6) is 1.02. The molecule has 0 spiro atoms. The first kappa shape index (κ1) is 15.4. The number of rotatable bonds is 5. The van der Waals surface area contributed by atoms with Crippen molar-refractivity contribution >= 4 is 12.9 Å². The largest absolute Gasteiger partial charge is 0.463 e. The number of hydrogen-bond donors (Lipinski definition) is 0. The van der Waals surface area contributed by atoms with E-state index in [-0.39, 0.29) is 0 Å². The minimum atomic E-state index is -3.55. The maximum Gasteiger partial charge on any atom is 0.463 e. The van der Waals surface area contributed by atoms with Crippen molar-refractivity contribution in [1.82, 2.24) is 0 Å². The van der Waals surface area contributed by atoms with Gasteiger partial charge in [-0.3, -0.25) is 0 Å². The highest BCUT2D eigenvalue weighted by Crippen LogP contribution is 2.48. The van der Waals surface area contributed by atoms with E-state index in [4.69, 9.17) is 9.05 Å². The maximum absolute atomic E-state index is 13.5. The zero-order valence-electron chi connectivity index (χ0n) is 12.8. The molecule has 3 rings (SSSR count). The van der Waals surface area contributed by atoms with Gasteiger partial charge in [0.25, 0.3) is 0 Å². The van der Waals surface area contributed by atoms with Gasteiger partial charge < -0.3 is 9.05 Å². The summed E-state index contributed by atoms with van der Waals surface area (Å²) in [6.45, 7) is 1.89. The lowest BCUT2D eigenvalue weighted by Gasteiger charge is -2.21. The third-order valence-electron chi connectivity index (χ3n) is 3.35. The Bertz CT molecular complexity index is 771. The summed E-state index contributed by atoms with van der Waals surface area (Å²) in [5.41, 5.74) is 0.864. The monoisotopic (exact) mass is 324 g/mol. The lowest BCUT2D eigenvalue weighted by Crippen LogP contribution is -2.17. The molecule has 0 heterocycles. The normalized spacial score (nSPS) is 11.0. The molecule has 0 amide bonds. The summed E-state index contributed by atoms with van der Waals surface area (Å²) in [5, 5.41) is 0.563. The molecule has 0 N–H and O–H groups in total. The molecule has 0 bridgehead atoms. The van der Waals surface area contributed by atoms with Crippen LogP contribution in [0, 0.1) is 6.92 Å². The molecule has 0 aliphatic rings. The van der Waals surface area contributed by atoms with E-state index in [1.54, 1.807) is 30.3 Å². The van der Waals surface area contributed by atoms with Crippen LogP contribution >= 0.6 is 7.60 Å². The minimum absolute atomic E-state index is 0.509. The van der Waals surface area contributed by atoms with Crippen LogP contribution in [0.5, 0.6) is 11.5 Å². The van der Waals surface area contributed by atoms with E-state index >= 15 is 0 Å². The van der Waals surface area contributed by atoms with Crippen molar-refractivity contribution in [2.75, 3.05) is 0 Å². The fourth-order valence-electron chi connectivity index (χ4n) is 2.23. The second-order valence-electron chi connectivity index (χ2n) is 5.09. The van der Waals surface area contributed by atoms with Gasteiger partial charge in [0.15, 0.2) is 0 Å². The van der Waals surface area contributed by atoms with Crippen LogP contribution in [0.3, 0.4) is 0 Å². The Morgan fingerprint density at radius 2 is 1.09 bits per heavy atom. The van der Waals surface area contributed by atoms with Gasteiger partial charge in [0.1, 0.15) is 11.5 Å². The second kappa shape index (κ2) is 6.72. The van der Waals surface area contributed by atoms with E-state index in [1.807, 2.05) is 61.5 Å². The molecule has 0 aliphatic carbocycles. The molecule has 3 aromatic rings. The summed E-state index contributed by atoms with van der Waals surface area (Å²) in [4.78, 5) is 0. The van der Waals surface area contributed by atoms with Gasteiger partial charge in [0.2, 0.25) is 0 Å². The molecule has 0 radical (unpaired) electrons. The molecule has 0 saturated carbocycles. The topological polar surface area (TPSA) is 35.5 Å². The van der Waals surface area contributed by atoms with Crippen LogP contribution in [-0.4, -0.2) is 0 Å². The van der Waals surface area contributed by atoms with Crippen molar-refractivity contribution < 1.29 is 13.6 Å². The molecular formula is C19H17O3P. The Morgan fingerprint density at radius 3 is 1.57 bits per heavy atom. The quantitative estimate of drug-likeness (QED) is 0.622. The van der Waals surface area contributed by atoms with Crippen molar-refractivity contribution in [2.45, 2.75) is 6.92 Å². The van der Waals surface area contributed by atoms with Crippen LogP contribution in [0.1, 0.15) is 5.56 Å².